The number of hydrogen-bond donors (Lipinski definition) is 3. The predicted octanol–water partition coefficient (Wildman–Crippen LogP) is 2.74. The molecule has 8 nitrogen and oxygen atoms in total. The van der Waals surface area contributed by atoms with E-state index in [0.717, 1.165) is 10.9 Å². The number of aliphatic hydroxyl groups is 1. The van der Waals surface area contributed by atoms with Gasteiger partial charge in [0.2, 0.25) is 5.91 Å². The monoisotopic (exact) mass is 465 g/mol. The van der Waals surface area contributed by atoms with Crippen LogP contribution in [0.2, 0.25) is 0 Å². The summed E-state index contributed by atoms with van der Waals surface area (Å²) < 4.78 is 0. The number of benzene rings is 3. The first-order valence-corrected chi connectivity index (χ1v) is 10.9. The Labute approximate surface area is 199 Å². The molecule has 5 rings (SSSR count). The van der Waals surface area contributed by atoms with Crippen molar-refractivity contribution in [1.29, 1.82) is 0 Å². The van der Waals surface area contributed by atoms with Crippen molar-refractivity contribution in [2.75, 3.05) is 11.9 Å². The molecule has 0 unspecified atom stereocenters. The summed E-state index contributed by atoms with van der Waals surface area (Å²) in [5.74, 6) is -1.92. The minimum Gasteiger partial charge on any atom is -0.394 e. The summed E-state index contributed by atoms with van der Waals surface area (Å²) in [6, 6.07) is 18.3. The number of hydrogen-bond acceptors (Lipinski definition) is 6. The van der Waals surface area contributed by atoms with Crippen LogP contribution < -0.4 is 10.6 Å². The average molecular weight is 465 g/mol. The molecule has 8 heteroatoms. The highest BCUT2D eigenvalue weighted by Gasteiger charge is 2.30. The smallest absolute Gasteiger partial charge is 0.252 e. The number of nitrogens with zero attached hydrogens (tertiary/aromatic N) is 1. The zero-order valence-electron chi connectivity index (χ0n) is 18.3. The van der Waals surface area contributed by atoms with E-state index in [1.807, 2.05) is 6.07 Å². The Balaban J connectivity index is 1.34. The summed E-state index contributed by atoms with van der Waals surface area (Å²) in [6.45, 7) is -0.636. The number of pyridine rings is 1. The second-order valence-corrected chi connectivity index (χ2v) is 8.07. The van der Waals surface area contributed by atoms with Gasteiger partial charge in [-0.05, 0) is 42.5 Å². The Hall–Kier alpha value is -4.69. The molecule has 172 valence electrons. The van der Waals surface area contributed by atoms with Crippen molar-refractivity contribution in [3.8, 4) is 0 Å². The molecule has 0 spiro atoms. The van der Waals surface area contributed by atoms with E-state index in [0.29, 0.717) is 11.3 Å². The average Bonchev–Trinajstić information content (AvgIpc) is 2.89. The maximum Gasteiger partial charge on any atom is 0.252 e. The first-order valence-electron chi connectivity index (χ1n) is 10.9. The normalized spacial score (nSPS) is 13.1. The molecule has 35 heavy (non-hydrogen) atoms. The highest BCUT2D eigenvalue weighted by atomic mass is 16.3. The molecule has 3 aromatic carbocycles. The number of aliphatic hydroxyl groups excluding tert-OH is 1. The number of rotatable bonds is 5. The Morgan fingerprint density at radius 1 is 0.829 bits per heavy atom. The number of aromatic nitrogens is 1. The van der Waals surface area contributed by atoms with Crippen LogP contribution >= 0.6 is 0 Å². The molecule has 1 aliphatic rings. The fourth-order valence-electron chi connectivity index (χ4n) is 4.06. The van der Waals surface area contributed by atoms with E-state index in [-0.39, 0.29) is 33.8 Å². The molecular weight excluding hydrogens is 446 g/mol. The fraction of sp³-hybridized carbons (Fsp3) is 0.0741. The van der Waals surface area contributed by atoms with Crippen molar-refractivity contribution in [2.24, 2.45) is 0 Å². The van der Waals surface area contributed by atoms with Crippen molar-refractivity contribution >= 4 is 40.0 Å². The summed E-state index contributed by atoms with van der Waals surface area (Å²) in [5, 5.41) is 15.7. The molecule has 0 bridgehead atoms. The van der Waals surface area contributed by atoms with Gasteiger partial charge < -0.3 is 15.7 Å². The van der Waals surface area contributed by atoms with Crippen molar-refractivity contribution in [2.45, 2.75) is 6.04 Å². The number of ketones is 2. The standard InChI is InChI=1S/C27H19N3O5/c31-14-23(27(35)29-17-8-10-22-15(12-17)4-3-11-28-22)30-26(34)16-7-9-20-21(13-16)25(33)19-6-2-1-5-18(19)24(20)32/h1-13,23,31H,14H2,(H,29,35)(H,30,34)/t23-/m0/s1. The number of amides is 2. The van der Waals surface area contributed by atoms with Gasteiger partial charge in [0, 0.05) is 45.1 Å². The van der Waals surface area contributed by atoms with Crippen LogP contribution in [0.3, 0.4) is 0 Å². The Bertz CT molecular complexity index is 1530. The van der Waals surface area contributed by atoms with Gasteiger partial charge in [0.25, 0.3) is 5.91 Å². The number of carbonyl (C=O) groups is 4. The first-order chi connectivity index (χ1) is 17.0. The fourth-order valence-corrected chi connectivity index (χ4v) is 4.06. The van der Waals surface area contributed by atoms with Crippen LogP contribution in [0.4, 0.5) is 5.69 Å². The van der Waals surface area contributed by atoms with Crippen LogP contribution in [0.1, 0.15) is 42.2 Å². The largest absolute Gasteiger partial charge is 0.394 e. The van der Waals surface area contributed by atoms with Gasteiger partial charge in [-0.3, -0.25) is 24.2 Å². The predicted molar refractivity (Wildman–Crippen MR) is 128 cm³/mol. The summed E-state index contributed by atoms with van der Waals surface area (Å²) in [7, 11) is 0. The molecule has 1 aromatic heterocycles. The minimum absolute atomic E-state index is 0.0901. The molecule has 0 radical (unpaired) electrons. The van der Waals surface area contributed by atoms with Crippen LogP contribution in [0, 0.1) is 0 Å². The van der Waals surface area contributed by atoms with Crippen LogP contribution in [0.15, 0.2) is 79.0 Å². The zero-order valence-corrected chi connectivity index (χ0v) is 18.3. The second kappa shape index (κ2) is 8.92. The van der Waals surface area contributed by atoms with Crippen LogP contribution in [-0.2, 0) is 4.79 Å². The third kappa shape index (κ3) is 4.07. The van der Waals surface area contributed by atoms with Gasteiger partial charge in [0.05, 0.1) is 12.1 Å². The van der Waals surface area contributed by atoms with Gasteiger partial charge in [-0.1, -0.05) is 30.3 Å². The van der Waals surface area contributed by atoms with E-state index >= 15 is 0 Å². The minimum atomic E-state index is -1.24. The Kier molecular flexibility index (Phi) is 5.64. The lowest BCUT2D eigenvalue weighted by Crippen LogP contribution is -2.46. The van der Waals surface area contributed by atoms with Gasteiger partial charge in [-0.2, -0.15) is 0 Å². The molecule has 0 aliphatic heterocycles. The number of carbonyl (C=O) groups excluding carboxylic acids is 4. The van der Waals surface area contributed by atoms with Gasteiger partial charge in [0.15, 0.2) is 11.6 Å². The van der Waals surface area contributed by atoms with E-state index < -0.39 is 24.5 Å². The van der Waals surface area contributed by atoms with Crippen LogP contribution in [-0.4, -0.2) is 46.1 Å². The molecule has 1 aliphatic carbocycles. The molecule has 3 N–H and O–H groups in total. The quantitative estimate of drug-likeness (QED) is 0.367. The van der Waals surface area contributed by atoms with Crippen LogP contribution in [0.5, 0.6) is 0 Å². The Morgan fingerprint density at radius 3 is 2.29 bits per heavy atom. The molecular formula is C27H19N3O5. The molecule has 0 saturated heterocycles. The van der Waals surface area contributed by atoms with Gasteiger partial charge in [-0.25, -0.2) is 0 Å². The maximum atomic E-state index is 12.9. The van der Waals surface area contributed by atoms with Gasteiger partial charge >= 0.3 is 0 Å². The van der Waals surface area contributed by atoms with Crippen molar-refractivity contribution in [3.63, 3.8) is 0 Å². The van der Waals surface area contributed by atoms with E-state index in [9.17, 15) is 24.3 Å². The number of nitrogens with one attached hydrogen (secondary N) is 2. The summed E-state index contributed by atoms with van der Waals surface area (Å²) in [4.78, 5) is 55.5. The van der Waals surface area contributed by atoms with Gasteiger partial charge in [0.1, 0.15) is 6.04 Å². The van der Waals surface area contributed by atoms with E-state index in [1.54, 1.807) is 54.7 Å². The van der Waals surface area contributed by atoms with Gasteiger partial charge in [-0.15, -0.1) is 0 Å². The molecule has 4 aromatic rings. The highest BCUT2D eigenvalue weighted by Crippen LogP contribution is 2.28. The summed E-state index contributed by atoms with van der Waals surface area (Å²) in [6.07, 6.45) is 1.67. The molecule has 0 fully saturated rings. The third-order valence-corrected chi connectivity index (χ3v) is 5.86. The SMILES string of the molecule is O=C(N[C@@H](CO)C(=O)Nc1ccc2ncccc2c1)c1ccc2c(c1)C(=O)c1ccccc1C2=O. The third-order valence-electron chi connectivity index (χ3n) is 5.86. The van der Waals surface area contributed by atoms with E-state index in [2.05, 4.69) is 15.6 Å². The lowest BCUT2D eigenvalue weighted by Gasteiger charge is -2.19. The Morgan fingerprint density at radius 2 is 1.54 bits per heavy atom. The second-order valence-electron chi connectivity index (χ2n) is 8.07. The van der Waals surface area contributed by atoms with Crippen LogP contribution in [0.25, 0.3) is 10.9 Å². The van der Waals surface area contributed by atoms with Crippen molar-refractivity contribution in [1.82, 2.24) is 10.3 Å². The highest BCUT2D eigenvalue weighted by molar-refractivity contribution is 6.28. The number of fused-ring (bicyclic) bond motifs is 3. The lowest BCUT2D eigenvalue weighted by atomic mass is 9.83. The lowest BCUT2D eigenvalue weighted by molar-refractivity contribution is -0.118. The van der Waals surface area contributed by atoms with Crippen molar-refractivity contribution in [3.05, 3.63) is 107 Å². The maximum absolute atomic E-state index is 12.9. The molecule has 1 heterocycles. The molecule has 1 atom stereocenters. The summed E-state index contributed by atoms with van der Waals surface area (Å²) in [5.41, 5.74) is 2.28. The number of anilines is 1. The van der Waals surface area contributed by atoms with E-state index in [4.69, 9.17) is 0 Å². The topological polar surface area (TPSA) is 125 Å². The zero-order chi connectivity index (χ0) is 24.5. The molecule has 0 saturated carbocycles. The van der Waals surface area contributed by atoms with Crippen molar-refractivity contribution < 1.29 is 24.3 Å². The first kappa shape index (κ1) is 22.1. The summed E-state index contributed by atoms with van der Waals surface area (Å²) >= 11 is 0. The molecule has 2 amide bonds. The van der Waals surface area contributed by atoms with E-state index in [1.165, 1.54) is 18.2 Å².